The molecule has 0 unspecified atom stereocenters. The smallest absolute Gasteiger partial charge is 0.255 e. The molecule has 1 aliphatic heterocycles. The van der Waals surface area contributed by atoms with E-state index in [1.807, 2.05) is 6.07 Å². The van der Waals surface area contributed by atoms with Crippen LogP contribution in [0.25, 0.3) is 22.3 Å². The minimum absolute atomic E-state index is 0.113. The zero-order chi connectivity index (χ0) is 22.8. The van der Waals surface area contributed by atoms with E-state index in [2.05, 4.69) is 20.3 Å². The Morgan fingerprint density at radius 2 is 2.06 bits per heavy atom. The van der Waals surface area contributed by atoms with E-state index in [0.29, 0.717) is 58.3 Å². The van der Waals surface area contributed by atoms with E-state index in [9.17, 15) is 4.79 Å². The van der Waals surface area contributed by atoms with E-state index in [4.69, 9.17) is 24.7 Å². The van der Waals surface area contributed by atoms with Crippen LogP contribution in [0.2, 0.25) is 0 Å². The highest BCUT2D eigenvalue weighted by Crippen LogP contribution is 2.47. The molecule has 3 heterocycles. The summed E-state index contributed by atoms with van der Waals surface area (Å²) in [5, 5.41) is 3.12. The number of methoxy groups -OCH3 is 1. The van der Waals surface area contributed by atoms with E-state index in [1.54, 1.807) is 19.4 Å². The lowest BCUT2D eigenvalue weighted by Crippen LogP contribution is -2.40. The van der Waals surface area contributed by atoms with Crippen molar-refractivity contribution in [1.29, 1.82) is 0 Å². The molecule has 5 rings (SSSR count). The highest BCUT2D eigenvalue weighted by molar-refractivity contribution is 6.08. The van der Waals surface area contributed by atoms with Gasteiger partial charge in [-0.25, -0.2) is 9.97 Å². The van der Waals surface area contributed by atoms with Crippen LogP contribution in [0.1, 0.15) is 36.0 Å². The van der Waals surface area contributed by atoms with Gasteiger partial charge in [-0.05, 0) is 37.8 Å². The van der Waals surface area contributed by atoms with Gasteiger partial charge in [-0.1, -0.05) is 0 Å². The maximum absolute atomic E-state index is 13.0. The van der Waals surface area contributed by atoms with Gasteiger partial charge in [0.1, 0.15) is 29.9 Å². The van der Waals surface area contributed by atoms with Gasteiger partial charge in [-0.2, -0.15) is 0 Å². The molecule has 33 heavy (non-hydrogen) atoms. The molecular formula is C23H27N5O5. The van der Waals surface area contributed by atoms with Crippen LogP contribution in [0.15, 0.2) is 24.7 Å². The molecule has 174 valence electrons. The number of nitrogens with zero attached hydrogens (tertiary/aromatic N) is 2. The van der Waals surface area contributed by atoms with Crippen molar-refractivity contribution in [3.8, 4) is 28.5 Å². The lowest BCUT2D eigenvalue weighted by molar-refractivity contribution is 0.0927. The van der Waals surface area contributed by atoms with Crippen LogP contribution < -0.4 is 25.3 Å². The lowest BCUT2D eigenvalue weighted by atomic mass is 9.91. The van der Waals surface area contributed by atoms with Crippen molar-refractivity contribution < 1.29 is 23.7 Å². The Balaban J connectivity index is 1.50. The monoisotopic (exact) mass is 453 g/mol. The molecule has 10 nitrogen and oxygen atoms in total. The first-order valence-electron chi connectivity index (χ1n) is 11.1. The molecule has 1 amide bonds. The number of carbonyl (C=O) groups is 1. The number of carbonyl (C=O) groups excluding carboxylic acids is 1. The van der Waals surface area contributed by atoms with Gasteiger partial charge in [0, 0.05) is 25.4 Å². The number of fused-ring (bicyclic) bond motifs is 2. The second-order valence-corrected chi connectivity index (χ2v) is 8.25. The number of aromatic nitrogens is 3. The standard InChI is InChI=1S/C23H27N5O5/c1-30-8-9-31-16-6-7-17-22(33-12-32-17)18(16)20-21-19(26-11-27-20)15(10-25-21)23(29)28-14-4-2-13(24)3-5-14/h6-7,10-11,13-14,25H,2-5,8-9,12,24H2,1H3,(H,28,29)/t13-,14-. The topological polar surface area (TPSA) is 134 Å². The number of rotatable bonds is 7. The van der Waals surface area contributed by atoms with E-state index in [0.717, 1.165) is 25.7 Å². The summed E-state index contributed by atoms with van der Waals surface area (Å²) >= 11 is 0. The van der Waals surface area contributed by atoms with Gasteiger partial charge >= 0.3 is 0 Å². The Labute approximate surface area is 190 Å². The molecule has 0 saturated heterocycles. The summed E-state index contributed by atoms with van der Waals surface area (Å²) in [6, 6.07) is 3.96. The third-order valence-electron chi connectivity index (χ3n) is 6.10. The number of hydrogen-bond acceptors (Lipinski definition) is 8. The van der Waals surface area contributed by atoms with E-state index in [-0.39, 0.29) is 24.8 Å². The maximum atomic E-state index is 13.0. The fourth-order valence-electron chi connectivity index (χ4n) is 4.36. The average Bonchev–Trinajstić information content (AvgIpc) is 3.48. The van der Waals surface area contributed by atoms with E-state index < -0.39 is 0 Å². The zero-order valence-corrected chi connectivity index (χ0v) is 18.4. The fourth-order valence-corrected chi connectivity index (χ4v) is 4.36. The number of nitrogens with two attached hydrogens (primary N) is 1. The van der Waals surface area contributed by atoms with Crippen LogP contribution in [0.3, 0.4) is 0 Å². The van der Waals surface area contributed by atoms with Crippen molar-refractivity contribution in [1.82, 2.24) is 20.3 Å². The average molecular weight is 453 g/mol. The van der Waals surface area contributed by atoms with Crippen molar-refractivity contribution in [2.45, 2.75) is 37.8 Å². The van der Waals surface area contributed by atoms with Gasteiger partial charge in [0.2, 0.25) is 6.79 Å². The molecule has 1 aromatic carbocycles. The molecule has 1 saturated carbocycles. The van der Waals surface area contributed by atoms with Crippen LogP contribution in [0.4, 0.5) is 0 Å². The maximum Gasteiger partial charge on any atom is 0.255 e. The lowest BCUT2D eigenvalue weighted by Gasteiger charge is -2.26. The molecule has 0 bridgehead atoms. The highest BCUT2D eigenvalue weighted by Gasteiger charge is 2.28. The molecule has 2 aliphatic rings. The normalized spacial score (nSPS) is 19.6. The predicted octanol–water partition coefficient (Wildman–Crippen LogP) is 2.38. The zero-order valence-electron chi connectivity index (χ0n) is 18.4. The molecule has 0 spiro atoms. The second kappa shape index (κ2) is 9.24. The molecule has 3 aromatic rings. The summed E-state index contributed by atoms with van der Waals surface area (Å²) in [7, 11) is 1.62. The van der Waals surface area contributed by atoms with Crippen molar-refractivity contribution in [2.75, 3.05) is 27.1 Å². The number of ether oxygens (including phenoxy) is 4. The van der Waals surface area contributed by atoms with Gasteiger partial charge in [0.15, 0.2) is 11.5 Å². The Morgan fingerprint density at radius 1 is 1.21 bits per heavy atom. The van der Waals surface area contributed by atoms with Crippen LogP contribution >= 0.6 is 0 Å². The minimum Gasteiger partial charge on any atom is -0.490 e. The fraction of sp³-hybridized carbons (Fsp3) is 0.435. The summed E-state index contributed by atoms with van der Waals surface area (Å²) in [4.78, 5) is 25.1. The van der Waals surface area contributed by atoms with Crippen LogP contribution in [0.5, 0.6) is 17.2 Å². The first-order chi connectivity index (χ1) is 16.2. The number of H-pyrrole nitrogens is 1. The van der Waals surface area contributed by atoms with E-state index in [1.165, 1.54) is 6.33 Å². The number of benzene rings is 1. The van der Waals surface area contributed by atoms with Crippen molar-refractivity contribution in [3.05, 3.63) is 30.2 Å². The second-order valence-electron chi connectivity index (χ2n) is 8.25. The van der Waals surface area contributed by atoms with Crippen molar-refractivity contribution >= 4 is 16.9 Å². The van der Waals surface area contributed by atoms with Gasteiger partial charge < -0.3 is 35.0 Å². The first-order valence-corrected chi connectivity index (χ1v) is 11.1. The summed E-state index contributed by atoms with van der Waals surface area (Å²) in [6.07, 6.45) is 6.70. The number of nitrogens with one attached hydrogen (secondary N) is 2. The SMILES string of the molecule is COCCOc1ccc2c(c1-c1ncnc3c(C(=O)N[C@H]4CC[C@H](N)CC4)c[nH]c13)OCO2. The van der Waals surface area contributed by atoms with Gasteiger partial charge in [-0.15, -0.1) is 0 Å². The summed E-state index contributed by atoms with van der Waals surface area (Å²) < 4.78 is 22.4. The number of hydrogen-bond donors (Lipinski definition) is 3. The summed E-state index contributed by atoms with van der Waals surface area (Å²) in [5.74, 6) is 1.57. The van der Waals surface area contributed by atoms with Crippen LogP contribution in [-0.4, -0.2) is 60.1 Å². The molecule has 10 heteroatoms. The molecule has 1 aliphatic carbocycles. The van der Waals surface area contributed by atoms with E-state index >= 15 is 0 Å². The third-order valence-corrected chi connectivity index (χ3v) is 6.10. The molecule has 0 atom stereocenters. The quantitative estimate of drug-likeness (QED) is 0.464. The number of amides is 1. The Morgan fingerprint density at radius 3 is 2.88 bits per heavy atom. The Hall–Kier alpha value is -3.37. The molecule has 2 aromatic heterocycles. The Bertz CT molecular complexity index is 1160. The summed E-state index contributed by atoms with van der Waals surface area (Å²) in [5.41, 5.74) is 8.81. The van der Waals surface area contributed by atoms with Crippen molar-refractivity contribution in [3.63, 3.8) is 0 Å². The largest absolute Gasteiger partial charge is 0.490 e. The molecular weight excluding hydrogens is 426 g/mol. The summed E-state index contributed by atoms with van der Waals surface area (Å²) in [6.45, 7) is 0.911. The number of aromatic amines is 1. The first kappa shape index (κ1) is 21.5. The van der Waals surface area contributed by atoms with Crippen molar-refractivity contribution in [2.24, 2.45) is 5.73 Å². The van der Waals surface area contributed by atoms with Gasteiger partial charge in [0.25, 0.3) is 5.91 Å². The highest BCUT2D eigenvalue weighted by atomic mass is 16.7. The van der Waals surface area contributed by atoms with Gasteiger partial charge in [0.05, 0.1) is 23.3 Å². The molecule has 0 radical (unpaired) electrons. The van der Waals surface area contributed by atoms with Gasteiger partial charge in [-0.3, -0.25) is 4.79 Å². The van der Waals surface area contributed by atoms with Crippen LogP contribution in [-0.2, 0) is 4.74 Å². The third kappa shape index (κ3) is 4.19. The Kier molecular flexibility index (Phi) is 6.01. The van der Waals surface area contributed by atoms with Crippen LogP contribution in [0, 0.1) is 0 Å². The molecule has 4 N–H and O–H groups in total. The molecule has 1 fully saturated rings. The predicted molar refractivity (Wildman–Crippen MR) is 121 cm³/mol. The minimum atomic E-state index is -0.166.